The molecule has 180 valence electrons. The molecule has 0 bridgehead atoms. The number of hydrogen-bond donors (Lipinski definition) is 4. The van der Waals surface area contributed by atoms with Crippen molar-refractivity contribution < 1.29 is 34.3 Å². The summed E-state index contributed by atoms with van der Waals surface area (Å²) in [5, 5.41) is 31.2. The van der Waals surface area contributed by atoms with E-state index in [9.17, 15) is 20.1 Å². The number of carbonyl (C=O) groups is 1. The first-order valence-electron chi connectivity index (χ1n) is 11.0. The maximum absolute atomic E-state index is 13.5. The van der Waals surface area contributed by atoms with Gasteiger partial charge in [-0.25, -0.2) is 0 Å². The number of benzene rings is 2. The van der Waals surface area contributed by atoms with E-state index in [-0.39, 0.29) is 12.4 Å². The molecule has 5 rings (SSSR count). The number of ketones is 1. The van der Waals surface area contributed by atoms with Crippen molar-refractivity contribution in [1.29, 1.82) is 0 Å². The van der Waals surface area contributed by atoms with Crippen LogP contribution < -0.4 is 4.74 Å². The maximum atomic E-state index is 13.5. The van der Waals surface area contributed by atoms with E-state index < -0.39 is 36.1 Å². The summed E-state index contributed by atoms with van der Waals surface area (Å²) in [5.74, 6) is 0.447. The first kappa shape index (κ1) is 23.5. The van der Waals surface area contributed by atoms with Crippen molar-refractivity contribution in [2.24, 2.45) is 0 Å². The van der Waals surface area contributed by atoms with Crippen LogP contribution in [0.15, 0.2) is 40.9 Å². The van der Waals surface area contributed by atoms with Crippen molar-refractivity contribution in [3.8, 4) is 5.75 Å². The molecule has 9 heteroatoms. The van der Waals surface area contributed by atoms with Gasteiger partial charge >= 0.3 is 0 Å². The highest BCUT2D eigenvalue weighted by Gasteiger charge is 2.44. The minimum absolute atomic E-state index is 0.0458. The van der Waals surface area contributed by atoms with E-state index in [0.29, 0.717) is 16.9 Å². The molecule has 0 radical (unpaired) electrons. The Hall–Kier alpha value is -2.27. The summed E-state index contributed by atoms with van der Waals surface area (Å²) in [6.07, 6.45) is -6.11. The van der Waals surface area contributed by atoms with Crippen LogP contribution in [-0.4, -0.2) is 70.5 Å². The Bertz CT molecular complexity index is 1270. The lowest BCUT2D eigenvalue weighted by Crippen LogP contribution is -2.59. The summed E-state index contributed by atoms with van der Waals surface area (Å²) < 4.78 is 17.4. The lowest BCUT2D eigenvalue weighted by atomic mass is 9.71. The van der Waals surface area contributed by atoms with Gasteiger partial charge in [-0.1, -0.05) is 35.8 Å². The molecule has 2 aliphatic rings. The van der Waals surface area contributed by atoms with E-state index in [1.165, 1.54) is 7.11 Å². The summed E-state index contributed by atoms with van der Waals surface area (Å²) in [6.45, 7) is 4.03. The molecule has 1 aliphatic carbocycles. The Balaban J connectivity index is 1.44. The molecule has 34 heavy (non-hydrogen) atoms. The Labute approximate surface area is 204 Å². The highest BCUT2D eigenvalue weighted by atomic mass is 79.9. The molecule has 2 aromatic carbocycles. The topological polar surface area (TPSA) is 121 Å². The van der Waals surface area contributed by atoms with Crippen molar-refractivity contribution in [2.75, 3.05) is 13.7 Å². The zero-order chi connectivity index (χ0) is 24.4. The SMILES string of the molecule is CO[C@H]1O[C@H](COc2ccc3c(c2)C(C)(C)c2[nH]c4cc(Br)ccc4c2C3=O)[C@H](O)[C@H](O)[C@H]1O. The lowest BCUT2D eigenvalue weighted by molar-refractivity contribution is -0.293. The van der Waals surface area contributed by atoms with Gasteiger partial charge in [0.2, 0.25) is 0 Å². The number of aromatic amines is 1. The normalized spacial score (nSPS) is 28.0. The Morgan fingerprint density at radius 3 is 2.59 bits per heavy atom. The summed E-state index contributed by atoms with van der Waals surface area (Å²) in [4.78, 5) is 16.9. The molecule has 2 heterocycles. The monoisotopic (exact) mass is 531 g/mol. The van der Waals surface area contributed by atoms with Crippen molar-refractivity contribution in [1.82, 2.24) is 4.98 Å². The van der Waals surface area contributed by atoms with Gasteiger partial charge in [0.25, 0.3) is 0 Å². The molecule has 3 aromatic rings. The Morgan fingerprint density at radius 1 is 1.09 bits per heavy atom. The second-order valence-electron chi connectivity index (χ2n) is 9.29. The van der Waals surface area contributed by atoms with Gasteiger partial charge in [-0.15, -0.1) is 0 Å². The van der Waals surface area contributed by atoms with Crippen LogP contribution in [0.4, 0.5) is 0 Å². The van der Waals surface area contributed by atoms with Crippen LogP contribution in [0, 0.1) is 0 Å². The molecular weight excluding hydrogens is 506 g/mol. The fourth-order valence-electron chi connectivity index (χ4n) is 4.90. The largest absolute Gasteiger partial charge is 0.491 e. The minimum Gasteiger partial charge on any atom is -0.491 e. The Morgan fingerprint density at radius 2 is 1.85 bits per heavy atom. The molecular formula is C25H26BrNO7. The molecule has 1 aliphatic heterocycles. The van der Waals surface area contributed by atoms with Gasteiger partial charge in [0.05, 0.1) is 5.56 Å². The third kappa shape index (κ3) is 3.59. The van der Waals surface area contributed by atoms with Crippen LogP contribution in [-0.2, 0) is 14.9 Å². The first-order valence-corrected chi connectivity index (χ1v) is 11.8. The van der Waals surface area contributed by atoms with Gasteiger partial charge in [0.15, 0.2) is 12.1 Å². The number of halogens is 1. The molecule has 0 amide bonds. The number of aliphatic hydroxyl groups is 3. The number of carbonyl (C=O) groups excluding carboxylic acids is 1. The van der Waals surface area contributed by atoms with E-state index in [2.05, 4.69) is 34.8 Å². The van der Waals surface area contributed by atoms with Crippen LogP contribution in [0.25, 0.3) is 10.9 Å². The zero-order valence-corrected chi connectivity index (χ0v) is 20.5. The quantitative estimate of drug-likeness (QED) is 0.408. The number of fused-ring (bicyclic) bond motifs is 4. The van der Waals surface area contributed by atoms with Gasteiger partial charge in [-0.05, 0) is 35.9 Å². The fraction of sp³-hybridized carbons (Fsp3) is 0.400. The van der Waals surface area contributed by atoms with Crippen LogP contribution in [0.5, 0.6) is 5.75 Å². The third-order valence-electron chi connectivity index (χ3n) is 6.84. The number of methoxy groups -OCH3 is 1. The number of ether oxygens (including phenoxy) is 3. The predicted molar refractivity (Wildman–Crippen MR) is 127 cm³/mol. The number of aromatic nitrogens is 1. The molecule has 0 unspecified atom stereocenters. The number of nitrogens with one attached hydrogen (secondary N) is 1. The number of rotatable bonds is 4. The van der Waals surface area contributed by atoms with E-state index in [4.69, 9.17) is 14.2 Å². The molecule has 1 fully saturated rings. The van der Waals surface area contributed by atoms with Crippen molar-refractivity contribution in [3.63, 3.8) is 0 Å². The predicted octanol–water partition coefficient (Wildman–Crippen LogP) is 2.63. The van der Waals surface area contributed by atoms with Crippen molar-refractivity contribution in [2.45, 2.75) is 50.0 Å². The summed E-state index contributed by atoms with van der Waals surface area (Å²) >= 11 is 3.49. The van der Waals surface area contributed by atoms with Gasteiger partial charge in [0, 0.05) is 39.2 Å². The third-order valence-corrected chi connectivity index (χ3v) is 7.33. The second-order valence-corrected chi connectivity index (χ2v) is 10.2. The molecule has 1 saturated heterocycles. The first-order chi connectivity index (χ1) is 16.1. The Kier molecular flexibility index (Phi) is 5.83. The van der Waals surface area contributed by atoms with Crippen molar-refractivity contribution in [3.05, 3.63) is 63.3 Å². The summed E-state index contributed by atoms with van der Waals surface area (Å²) in [6, 6.07) is 11.1. The molecule has 8 nitrogen and oxygen atoms in total. The zero-order valence-electron chi connectivity index (χ0n) is 18.9. The second kappa shape index (κ2) is 8.44. The van der Waals surface area contributed by atoms with Gasteiger partial charge < -0.3 is 34.5 Å². The molecule has 0 saturated carbocycles. The standard InChI is InChI=1S/C25H26BrNO7/c1-25(2)15-9-12(33-10-17-20(29)21(30)22(31)24(32-3)34-17)5-7-13(15)19(28)18-14-6-4-11(26)8-16(14)27-23(18)25/h4-9,17,20-22,24,27,29-31H,10H2,1-3H3/t17-,20+,21+,22-,24+/m1/s1. The van der Waals surface area contributed by atoms with E-state index in [0.717, 1.165) is 26.6 Å². The molecule has 4 N–H and O–H groups in total. The smallest absolute Gasteiger partial charge is 0.195 e. The van der Waals surface area contributed by atoms with E-state index in [1.807, 2.05) is 24.3 Å². The van der Waals surface area contributed by atoms with Gasteiger partial charge in [-0.3, -0.25) is 4.79 Å². The molecule has 0 spiro atoms. The van der Waals surface area contributed by atoms with Gasteiger partial charge in [0.1, 0.15) is 36.8 Å². The lowest BCUT2D eigenvalue weighted by Gasteiger charge is -2.39. The molecule has 1 aromatic heterocycles. The van der Waals surface area contributed by atoms with Crippen LogP contribution >= 0.6 is 15.9 Å². The number of hydrogen-bond acceptors (Lipinski definition) is 7. The fourth-order valence-corrected chi connectivity index (χ4v) is 5.26. The highest BCUT2D eigenvalue weighted by Crippen LogP contribution is 2.45. The van der Waals surface area contributed by atoms with Crippen LogP contribution in [0.3, 0.4) is 0 Å². The average Bonchev–Trinajstić information content (AvgIpc) is 3.20. The summed E-state index contributed by atoms with van der Waals surface area (Å²) in [7, 11) is 1.34. The van der Waals surface area contributed by atoms with Crippen LogP contribution in [0.2, 0.25) is 0 Å². The highest BCUT2D eigenvalue weighted by molar-refractivity contribution is 9.10. The minimum atomic E-state index is -1.42. The summed E-state index contributed by atoms with van der Waals surface area (Å²) in [5.41, 5.74) is 3.36. The number of H-pyrrole nitrogens is 1. The maximum Gasteiger partial charge on any atom is 0.195 e. The molecule has 5 atom stereocenters. The van der Waals surface area contributed by atoms with Crippen LogP contribution in [0.1, 0.15) is 41.0 Å². The van der Waals surface area contributed by atoms with Crippen molar-refractivity contribution >= 4 is 32.6 Å². The van der Waals surface area contributed by atoms with E-state index >= 15 is 0 Å². The number of aliphatic hydroxyl groups excluding tert-OH is 3. The van der Waals surface area contributed by atoms with E-state index in [1.54, 1.807) is 12.1 Å². The van der Waals surface area contributed by atoms with Gasteiger partial charge in [-0.2, -0.15) is 0 Å². The average molecular weight is 532 g/mol.